The maximum atomic E-state index is 12.1. The highest BCUT2D eigenvalue weighted by Gasteiger charge is 2.21. The molecule has 0 saturated carbocycles. The normalized spacial score (nSPS) is 16.1. The van der Waals surface area contributed by atoms with Crippen LogP contribution in [0.5, 0.6) is 5.75 Å². The van der Waals surface area contributed by atoms with E-state index in [1.165, 1.54) is 22.0 Å². The Morgan fingerprint density at radius 2 is 2.28 bits per heavy atom. The Kier molecular flexibility index (Phi) is 4.97. The fourth-order valence-corrected chi connectivity index (χ4v) is 3.14. The number of aromatic carboxylic acids is 1. The van der Waals surface area contributed by atoms with Gasteiger partial charge >= 0.3 is 5.97 Å². The second-order valence-electron chi connectivity index (χ2n) is 6.06. The molecule has 25 heavy (non-hydrogen) atoms. The van der Waals surface area contributed by atoms with Gasteiger partial charge in [-0.15, -0.1) is 5.10 Å². The summed E-state index contributed by atoms with van der Waals surface area (Å²) in [5, 5.41) is 18.8. The van der Waals surface area contributed by atoms with Crippen molar-refractivity contribution in [1.82, 2.24) is 20.3 Å². The van der Waals surface area contributed by atoms with Crippen molar-refractivity contribution in [2.75, 3.05) is 13.7 Å². The largest absolute Gasteiger partial charge is 0.497 e. The molecule has 132 valence electrons. The highest BCUT2D eigenvalue weighted by Crippen LogP contribution is 2.33. The summed E-state index contributed by atoms with van der Waals surface area (Å²) in [6.07, 6.45) is 4.36. The molecule has 0 radical (unpaired) electrons. The van der Waals surface area contributed by atoms with Gasteiger partial charge in [0.1, 0.15) is 12.3 Å². The third-order valence-electron chi connectivity index (χ3n) is 4.40. The molecule has 0 spiro atoms. The first-order valence-electron chi connectivity index (χ1n) is 8.13. The summed E-state index contributed by atoms with van der Waals surface area (Å²) in [5.74, 6) is -0.267. The number of hydrogen-bond donors (Lipinski definition) is 2. The minimum atomic E-state index is -1.17. The average molecular weight is 344 g/mol. The fourth-order valence-electron chi connectivity index (χ4n) is 3.14. The first-order valence-corrected chi connectivity index (χ1v) is 8.13. The van der Waals surface area contributed by atoms with Crippen LogP contribution in [0.1, 0.15) is 40.4 Å². The van der Waals surface area contributed by atoms with E-state index in [2.05, 4.69) is 27.8 Å². The summed E-state index contributed by atoms with van der Waals surface area (Å²) in [4.78, 5) is 22.8. The van der Waals surface area contributed by atoms with Gasteiger partial charge in [0.2, 0.25) is 5.91 Å². The molecule has 3 rings (SSSR count). The lowest BCUT2D eigenvalue weighted by Gasteiger charge is -2.26. The fraction of sp³-hybridized carbons (Fsp3) is 0.412. The number of benzene rings is 1. The Morgan fingerprint density at radius 3 is 3.00 bits per heavy atom. The Balaban J connectivity index is 1.58. The maximum absolute atomic E-state index is 12.1. The van der Waals surface area contributed by atoms with Gasteiger partial charge in [0.15, 0.2) is 5.69 Å². The number of carboxylic acid groups (broad SMARTS) is 1. The molecule has 0 bridgehead atoms. The van der Waals surface area contributed by atoms with Crippen molar-refractivity contribution in [3.05, 3.63) is 41.2 Å². The number of ether oxygens (including phenoxy) is 1. The van der Waals surface area contributed by atoms with Crippen LogP contribution in [-0.4, -0.2) is 45.6 Å². The number of carbonyl (C=O) groups excluding carboxylic acids is 1. The number of amides is 1. The zero-order chi connectivity index (χ0) is 17.8. The Morgan fingerprint density at radius 1 is 1.44 bits per heavy atom. The number of nitrogens with one attached hydrogen (secondary N) is 1. The molecule has 1 aromatic carbocycles. The lowest BCUT2D eigenvalue weighted by atomic mass is 9.82. The minimum absolute atomic E-state index is 0.0531. The number of hydrogen-bond acceptors (Lipinski definition) is 5. The van der Waals surface area contributed by atoms with Crippen molar-refractivity contribution in [3.63, 3.8) is 0 Å². The van der Waals surface area contributed by atoms with Crippen LogP contribution in [0.4, 0.5) is 0 Å². The molecule has 8 heteroatoms. The Labute approximate surface area is 144 Å². The van der Waals surface area contributed by atoms with E-state index in [4.69, 9.17) is 9.84 Å². The minimum Gasteiger partial charge on any atom is -0.497 e. The molecule has 8 nitrogen and oxygen atoms in total. The summed E-state index contributed by atoms with van der Waals surface area (Å²) < 4.78 is 6.49. The Bertz CT molecular complexity index is 787. The molecule has 1 aliphatic rings. The van der Waals surface area contributed by atoms with Crippen molar-refractivity contribution in [3.8, 4) is 5.75 Å². The van der Waals surface area contributed by atoms with Gasteiger partial charge in [-0.1, -0.05) is 11.3 Å². The van der Waals surface area contributed by atoms with Crippen molar-refractivity contribution in [2.45, 2.75) is 31.7 Å². The van der Waals surface area contributed by atoms with E-state index in [0.717, 1.165) is 25.0 Å². The first-order chi connectivity index (χ1) is 12.1. The molecule has 1 unspecified atom stereocenters. The molecule has 2 N–H and O–H groups in total. The SMILES string of the molecule is COc1ccc2c(c1)CCCC2CNC(=O)Cn1cc(C(=O)O)nn1. The lowest BCUT2D eigenvalue weighted by Crippen LogP contribution is -2.32. The monoisotopic (exact) mass is 344 g/mol. The van der Waals surface area contributed by atoms with Crippen molar-refractivity contribution < 1.29 is 19.4 Å². The highest BCUT2D eigenvalue weighted by molar-refractivity contribution is 5.84. The predicted molar refractivity (Wildman–Crippen MR) is 88.7 cm³/mol. The second-order valence-corrected chi connectivity index (χ2v) is 6.06. The number of carboxylic acids is 1. The van der Waals surface area contributed by atoms with E-state index in [9.17, 15) is 9.59 Å². The summed E-state index contributed by atoms with van der Waals surface area (Å²) >= 11 is 0. The van der Waals surface area contributed by atoms with Crippen LogP contribution in [0, 0.1) is 0 Å². The molecule has 1 aromatic heterocycles. The third kappa shape index (κ3) is 3.96. The van der Waals surface area contributed by atoms with E-state index in [1.54, 1.807) is 7.11 Å². The number of rotatable bonds is 6. The van der Waals surface area contributed by atoms with Gasteiger partial charge in [-0.3, -0.25) is 4.79 Å². The van der Waals surface area contributed by atoms with Crippen molar-refractivity contribution in [1.29, 1.82) is 0 Å². The molecule has 1 atom stereocenters. The van der Waals surface area contributed by atoms with Gasteiger partial charge in [0, 0.05) is 12.5 Å². The van der Waals surface area contributed by atoms with E-state index >= 15 is 0 Å². The lowest BCUT2D eigenvalue weighted by molar-refractivity contribution is -0.121. The molecule has 0 aliphatic heterocycles. The van der Waals surface area contributed by atoms with Crippen molar-refractivity contribution >= 4 is 11.9 Å². The van der Waals surface area contributed by atoms with Crippen LogP contribution in [0.25, 0.3) is 0 Å². The van der Waals surface area contributed by atoms with Crippen LogP contribution < -0.4 is 10.1 Å². The molecule has 0 saturated heterocycles. The third-order valence-corrected chi connectivity index (χ3v) is 4.40. The second kappa shape index (κ2) is 7.33. The van der Waals surface area contributed by atoms with Crippen LogP contribution in [0.2, 0.25) is 0 Å². The number of aromatic nitrogens is 3. The number of methoxy groups -OCH3 is 1. The number of fused-ring (bicyclic) bond motifs is 1. The van der Waals surface area contributed by atoms with E-state index in [0.29, 0.717) is 6.54 Å². The predicted octanol–water partition coefficient (Wildman–Crippen LogP) is 1.22. The zero-order valence-electron chi connectivity index (χ0n) is 13.9. The molecule has 1 aliphatic carbocycles. The smallest absolute Gasteiger partial charge is 0.358 e. The van der Waals surface area contributed by atoms with E-state index in [1.807, 2.05) is 6.07 Å². The van der Waals surface area contributed by atoms with Gasteiger partial charge in [-0.25, -0.2) is 9.48 Å². The highest BCUT2D eigenvalue weighted by atomic mass is 16.5. The number of nitrogens with zero attached hydrogens (tertiary/aromatic N) is 3. The first kappa shape index (κ1) is 16.9. The quantitative estimate of drug-likeness (QED) is 0.816. The van der Waals surface area contributed by atoms with Crippen LogP contribution in [0.3, 0.4) is 0 Å². The van der Waals surface area contributed by atoms with Crippen LogP contribution >= 0.6 is 0 Å². The Hall–Kier alpha value is -2.90. The average Bonchev–Trinajstić information content (AvgIpc) is 3.08. The molecular formula is C17H20N4O4. The summed E-state index contributed by atoms with van der Waals surface area (Å²) in [6, 6.07) is 6.08. The van der Waals surface area contributed by atoms with Gasteiger partial charge in [0.25, 0.3) is 0 Å². The van der Waals surface area contributed by atoms with Gasteiger partial charge in [0.05, 0.1) is 13.3 Å². The molecular weight excluding hydrogens is 324 g/mol. The van der Waals surface area contributed by atoms with Gasteiger partial charge in [-0.2, -0.15) is 0 Å². The van der Waals surface area contributed by atoms with E-state index < -0.39 is 5.97 Å². The molecule has 2 aromatic rings. The van der Waals surface area contributed by atoms with Crippen molar-refractivity contribution in [2.24, 2.45) is 0 Å². The van der Waals surface area contributed by atoms with E-state index in [-0.39, 0.29) is 24.1 Å². The topological polar surface area (TPSA) is 106 Å². The number of carbonyl (C=O) groups is 2. The molecule has 1 heterocycles. The standard InChI is InChI=1S/C17H20N4O4/c1-25-13-5-6-14-11(7-13)3-2-4-12(14)8-18-16(22)10-21-9-15(17(23)24)19-20-21/h5-7,9,12H,2-4,8,10H2,1H3,(H,18,22)(H,23,24). The van der Waals surface area contributed by atoms with Crippen LogP contribution in [0.15, 0.2) is 24.4 Å². The summed E-state index contributed by atoms with van der Waals surface area (Å²) in [5.41, 5.74) is 2.34. The number of aryl methyl sites for hydroxylation is 1. The molecule has 1 amide bonds. The maximum Gasteiger partial charge on any atom is 0.358 e. The zero-order valence-corrected chi connectivity index (χ0v) is 13.9. The van der Waals surface area contributed by atoms with Crippen LogP contribution in [-0.2, 0) is 17.8 Å². The molecule has 0 fully saturated rings. The summed E-state index contributed by atoms with van der Waals surface area (Å²) in [7, 11) is 1.65. The van der Waals surface area contributed by atoms with Gasteiger partial charge < -0.3 is 15.2 Å². The van der Waals surface area contributed by atoms with Gasteiger partial charge in [-0.05, 0) is 42.5 Å². The summed E-state index contributed by atoms with van der Waals surface area (Å²) in [6.45, 7) is 0.487.